The van der Waals surface area contributed by atoms with E-state index >= 15 is 0 Å². The predicted octanol–water partition coefficient (Wildman–Crippen LogP) is 2.20. The molecule has 0 spiro atoms. The zero-order valence-electron chi connectivity index (χ0n) is 11.6. The topological polar surface area (TPSA) is 49.4 Å². The normalized spacial score (nSPS) is 21.5. The molecule has 1 aromatic carbocycles. The highest BCUT2D eigenvalue weighted by Gasteiger charge is 2.27. The molecule has 1 fully saturated rings. The summed E-state index contributed by atoms with van der Waals surface area (Å²) in [4.78, 5) is 26.0. The Morgan fingerprint density at radius 1 is 1.25 bits per heavy atom. The van der Waals surface area contributed by atoms with E-state index in [1.54, 1.807) is 0 Å². The van der Waals surface area contributed by atoms with Gasteiger partial charge in [-0.3, -0.25) is 9.59 Å². The van der Waals surface area contributed by atoms with E-state index in [0.717, 1.165) is 38.0 Å². The number of hydrogen-bond donors (Lipinski definition) is 1. The summed E-state index contributed by atoms with van der Waals surface area (Å²) < 4.78 is 0. The first-order chi connectivity index (χ1) is 9.74. The fraction of sp³-hybridized carbons (Fsp3) is 0.500. The number of anilines is 1. The van der Waals surface area contributed by atoms with Gasteiger partial charge in [0, 0.05) is 31.1 Å². The summed E-state index contributed by atoms with van der Waals surface area (Å²) >= 11 is 0. The maximum atomic E-state index is 12.1. The van der Waals surface area contributed by atoms with Gasteiger partial charge in [0.2, 0.25) is 11.8 Å². The SMILES string of the molecule is O=C1Nc2ccccc2CC1CCC(=O)N1CCCC1. The van der Waals surface area contributed by atoms with Gasteiger partial charge < -0.3 is 10.2 Å². The van der Waals surface area contributed by atoms with E-state index in [4.69, 9.17) is 0 Å². The molecule has 2 amide bonds. The Kier molecular flexibility index (Phi) is 3.72. The lowest BCUT2D eigenvalue weighted by Crippen LogP contribution is -2.32. The van der Waals surface area contributed by atoms with E-state index in [9.17, 15) is 9.59 Å². The molecule has 1 atom stereocenters. The van der Waals surface area contributed by atoms with Crippen molar-refractivity contribution in [2.75, 3.05) is 18.4 Å². The summed E-state index contributed by atoms with van der Waals surface area (Å²) in [6.45, 7) is 1.77. The number of amides is 2. The van der Waals surface area contributed by atoms with Gasteiger partial charge in [-0.2, -0.15) is 0 Å². The van der Waals surface area contributed by atoms with Crippen LogP contribution in [0.15, 0.2) is 24.3 Å². The highest BCUT2D eigenvalue weighted by molar-refractivity contribution is 5.96. The Morgan fingerprint density at radius 2 is 2.00 bits per heavy atom. The second-order valence-electron chi connectivity index (χ2n) is 5.67. The number of nitrogens with one attached hydrogen (secondary N) is 1. The van der Waals surface area contributed by atoms with Crippen molar-refractivity contribution in [1.29, 1.82) is 0 Å². The van der Waals surface area contributed by atoms with E-state index in [2.05, 4.69) is 5.32 Å². The van der Waals surface area contributed by atoms with Crippen molar-refractivity contribution in [2.45, 2.75) is 32.1 Å². The summed E-state index contributed by atoms with van der Waals surface area (Å²) in [5.41, 5.74) is 2.09. The first-order valence-electron chi connectivity index (χ1n) is 7.40. The Labute approximate surface area is 119 Å². The number of benzene rings is 1. The summed E-state index contributed by atoms with van der Waals surface area (Å²) in [7, 11) is 0. The van der Waals surface area contributed by atoms with Crippen LogP contribution in [0.4, 0.5) is 5.69 Å². The molecule has 1 N–H and O–H groups in total. The third-order valence-corrected chi connectivity index (χ3v) is 4.28. The van der Waals surface area contributed by atoms with Gasteiger partial charge in [-0.15, -0.1) is 0 Å². The number of hydrogen-bond acceptors (Lipinski definition) is 2. The van der Waals surface area contributed by atoms with Crippen molar-refractivity contribution >= 4 is 17.5 Å². The van der Waals surface area contributed by atoms with Crippen molar-refractivity contribution in [3.8, 4) is 0 Å². The van der Waals surface area contributed by atoms with Gasteiger partial charge in [0.25, 0.3) is 0 Å². The van der Waals surface area contributed by atoms with Crippen LogP contribution in [-0.4, -0.2) is 29.8 Å². The van der Waals surface area contributed by atoms with Gasteiger partial charge in [0.1, 0.15) is 0 Å². The molecular weight excluding hydrogens is 252 g/mol. The Bertz CT molecular complexity index is 521. The van der Waals surface area contributed by atoms with Gasteiger partial charge >= 0.3 is 0 Å². The lowest BCUT2D eigenvalue weighted by atomic mass is 9.89. The minimum atomic E-state index is -0.0727. The first-order valence-corrected chi connectivity index (χ1v) is 7.40. The zero-order valence-corrected chi connectivity index (χ0v) is 11.6. The maximum Gasteiger partial charge on any atom is 0.227 e. The third kappa shape index (κ3) is 2.69. The number of carbonyl (C=O) groups is 2. The smallest absolute Gasteiger partial charge is 0.227 e. The van der Waals surface area contributed by atoms with E-state index in [-0.39, 0.29) is 17.7 Å². The van der Waals surface area contributed by atoms with Crippen molar-refractivity contribution < 1.29 is 9.59 Å². The lowest BCUT2D eigenvalue weighted by Gasteiger charge is -2.25. The molecule has 0 aliphatic carbocycles. The van der Waals surface area contributed by atoms with Gasteiger partial charge in [0.15, 0.2) is 0 Å². The summed E-state index contributed by atoms with van der Waals surface area (Å²) in [6.07, 6.45) is 4.11. The molecule has 0 bridgehead atoms. The molecule has 20 heavy (non-hydrogen) atoms. The zero-order chi connectivity index (χ0) is 13.9. The van der Waals surface area contributed by atoms with Crippen LogP contribution in [0.1, 0.15) is 31.2 Å². The van der Waals surface area contributed by atoms with Gasteiger partial charge in [-0.1, -0.05) is 18.2 Å². The molecule has 1 unspecified atom stereocenters. The van der Waals surface area contributed by atoms with E-state index in [0.29, 0.717) is 12.8 Å². The first kappa shape index (κ1) is 13.2. The maximum absolute atomic E-state index is 12.1. The standard InChI is InChI=1S/C16H20N2O2/c19-15(18-9-3-4-10-18)8-7-13-11-12-5-1-2-6-14(12)17-16(13)20/h1-2,5-6,13H,3-4,7-11H2,(H,17,20). The molecule has 0 aromatic heterocycles. The summed E-state index contributed by atoms with van der Waals surface area (Å²) in [6, 6.07) is 7.89. The number of rotatable bonds is 3. The molecule has 1 aromatic rings. The van der Waals surface area contributed by atoms with Crippen molar-refractivity contribution in [3.05, 3.63) is 29.8 Å². The van der Waals surface area contributed by atoms with Crippen LogP contribution >= 0.6 is 0 Å². The van der Waals surface area contributed by atoms with Crippen LogP contribution in [0, 0.1) is 5.92 Å². The molecule has 106 valence electrons. The number of nitrogens with zero attached hydrogens (tertiary/aromatic N) is 1. The van der Waals surface area contributed by atoms with Crippen LogP contribution in [0.5, 0.6) is 0 Å². The lowest BCUT2D eigenvalue weighted by molar-refractivity contribution is -0.130. The van der Waals surface area contributed by atoms with Crippen molar-refractivity contribution in [1.82, 2.24) is 4.90 Å². The second kappa shape index (κ2) is 5.65. The number of fused-ring (bicyclic) bond motifs is 1. The second-order valence-corrected chi connectivity index (χ2v) is 5.67. The van der Waals surface area contributed by atoms with Crippen LogP contribution in [-0.2, 0) is 16.0 Å². The fourth-order valence-corrected chi connectivity index (χ4v) is 3.07. The average Bonchev–Trinajstić information content (AvgIpc) is 2.99. The molecule has 2 heterocycles. The molecule has 3 rings (SSSR count). The highest BCUT2D eigenvalue weighted by atomic mass is 16.2. The van der Waals surface area contributed by atoms with E-state index < -0.39 is 0 Å². The minimum absolute atomic E-state index is 0.0536. The van der Waals surface area contributed by atoms with Crippen LogP contribution in [0.2, 0.25) is 0 Å². The Balaban J connectivity index is 1.58. The highest BCUT2D eigenvalue weighted by Crippen LogP contribution is 2.27. The van der Waals surface area contributed by atoms with Crippen LogP contribution < -0.4 is 5.32 Å². The van der Waals surface area contributed by atoms with Gasteiger partial charge in [-0.25, -0.2) is 0 Å². The number of para-hydroxylation sites is 1. The summed E-state index contributed by atoms with van der Waals surface area (Å²) in [5, 5.41) is 2.94. The van der Waals surface area contributed by atoms with Crippen LogP contribution in [0.25, 0.3) is 0 Å². The molecule has 2 aliphatic heterocycles. The molecule has 1 saturated heterocycles. The monoisotopic (exact) mass is 272 g/mol. The molecule has 4 nitrogen and oxygen atoms in total. The molecule has 0 radical (unpaired) electrons. The van der Waals surface area contributed by atoms with Gasteiger partial charge in [0.05, 0.1) is 0 Å². The van der Waals surface area contributed by atoms with Crippen molar-refractivity contribution in [3.63, 3.8) is 0 Å². The Morgan fingerprint density at radius 3 is 2.80 bits per heavy atom. The average molecular weight is 272 g/mol. The molecular formula is C16H20N2O2. The minimum Gasteiger partial charge on any atom is -0.343 e. The molecule has 2 aliphatic rings. The number of likely N-dealkylation sites (tertiary alicyclic amines) is 1. The van der Waals surface area contributed by atoms with Gasteiger partial charge in [-0.05, 0) is 37.3 Å². The fourth-order valence-electron chi connectivity index (χ4n) is 3.07. The molecule has 4 heteroatoms. The molecule has 0 saturated carbocycles. The largest absolute Gasteiger partial charge is 0.343 e. The van der Waals surface area contributed by atoms with Crippen LogP contribution in [0.3, 0.4) is 0 Å². The van der Waals surface area contributed by atoms with Crippen molar-refractivity contribution in [2.24, 2.45) is 5.92 Å². The Hall–Kier alpha value is -1.84. The predicted molar refractivity (Wildman–Crippen MR) is 77.3 cm³/mol. The third-order valence-electron chi connectivity index (χ3n) is 4.28. The van der Waals surface area contributed by atoms with E-state index in [1.165, 1.54) is 5.56 Å². The number of carbonyl (C=O) groups excluding carboxylic acids is 2. The van der Waals surface area contributed by atoms with E-state index in [1.807, 2.05) is 29.2 Å². The summed E-state index contributed by atoms with van der Waals surface area (Å²) in [5.74, 6) is 0.184. The quantitative estimate of drug-likeness (QED) is 0.917.